The van der Waals surface area contributed by atoms with Crippen LogP contribution < -0.4 is 9.64 Å². The number of carbonyl (C=O) groups excluding carboxylic acids is 1. The lowest BCUT2D eigenvalue weighted by atomic mass is 10.0. The molecule has 0 aliphatic rings. The smallest absolute Gasteiger partial charge is 0.266 e. The molecule has 1 aromatic heterocycles. The summed E-state index contributed by atoms with van der Waals surface area (Å²) in [5.74, 6) is 1.10. The summed E-state index contributed by atoms with van der Waals surface area (Å²) in [4.78, 5) is 21.9. The molecular formula is C24H31N3O2S. The minimum Gasteiger partial charge on any atom is -0.484 e. The lowest BCUT2D eigenvalue weighted by Crippen LogP contribution is -2.41. The van der Waals surface area contributed by atoms with Crippen LogP contribution in [0.4, 0.5) is 5.13 Å². The second kappa shape index (κ2) is 10.5. The molecule has 30 heavy (non-hydrogen) atoms. The van der Waals surface area contributed by atoms with Crippen LogP contribution in [0.5, 0.6) is 5.75 Å². The van der Waals surface area contributed by atoms with Gasteiger partial charge in [-0.25, -0.2) is 4.98 Å². The molecule has 3 rings (SSSR count). The van der Waals surface area contributed by atoms with Crippen LogP contribution in [0.3, 0.4) is 0 Å². The van der Waals surface area contributed by atoms with E-state index in [0.29, 0.717) is 18.2 Å². The van der Waals surface area contributed by atoms with Gasteiger partial charge in [0.15, 0.2) is 11.7 Å². The van der Waals surface area contributed by atoms with Gasteiger partial charge in [0.1, 0.15) is 5.75 Å². The van der Waals surface area contributed by atoms with Crippen LogP contribution in [0.15, 0.2) is 48.5 Å². The van der Waals surface area contributed by atoms with Gasteiger partial charge in [0.05, 0.1) is 10.2 Å². The number of likely N-dealkylation sites (N-methyl/N-ethyl adjacent to an activating group) is 1. The number of carbonyl (C=O) groups is 1. The van der Waals surface area contributed by atoms with Gasteiger partial charge < -0.3 is 9.64 Å². The zero-order chi connectivity index (χ0) is 21.5. The van der Waals surface area contributed by atoms with E-state index in [1.807, 2.05) is 36.4 Å². The van der Waals surface area contributed by atoms with Crippen molar-refractivity contribution in [1.82, 2.24) is 9.88 Å². The molecule has 0 spiro atoms. The summed E-state index contributed by atoms with van der Waals surface area (Å²) in [7, 11) is 0. The van der Waals surface area contributed by atoms with Crippen LogP contribution in [0.1, 0.15) is 39.2 Å². The highest BCUT2D eigenvalue weighted by Gasteiger charge is 2.21. The van der Waals surface area contributed by atoms with Crippen LogP contribution in [0.2, 0.25) is 0 Å². The van der Waals surface area contributed by atoms with E-state index in [2.05, 4.69) is 44.7 Å². The molecule has 160 valence electrons. The molecule has 3 aromatic rings. The number of rotatable bonds is 10. The number of hydrogen-bond acceptors (Lipinski definition) is 5. The molecule has 0 bridgehead atoms. The minimum absolute atomic E-state index is 0.00476. The van der Waals surface area contributed by atoms with Crippen molar-refractivity contribution in [1.29, 1.82) is 0 Å². The van der Waals surface area contributed by atoms with E-state index in [1.165, 1.54) is 5.56 Å². The number of nitrogens with zero attached hydrogens (tertiary/aromatic N) is 3. The van der Waals surface area contributed by atoms with Crippen molar-refractivity contribution in [2.45, 2.75) is 33.6 Å². The standard InChI is InChI=1S/C24H31N3O2S/c1-5-26(6-2)15-16-27(24-25-21-9-7-8-10-22(21)30-24)23(28)17-29-20-13-11-19(12-14-20)18(3)4/h7-14,18H,5-6,15-17H2,1-4H3. The minimum atomic E-state index is -0.0749. The maximum absolute atomic E-state index is 13.1. The molecule has 0 atom stereocenters. The SMILES string of the molecule is CCN(CC)CCN(C(=O)COc1ccc(C(C)C)cc1)c1nc2ccccc2s1. The zero-order valence-corrected chi connectivity index (χ0v) is 19.1. The number of thiazole rings is 1. The molecule has 0 aliphatic heterocycles. The first kappa shape index (κ1) is 22.2. The highest BCUT2D eigenvalue weighted by Crippen LogP contribution is 2.29. The molecule has 0 saturated carbocycles. The van der Waals surface area contributed by atoms with Gasteiger partial charge in [0.25, 0.3) is 5.91 Å². The lowest BCUT2D eigenvalue weighted by molar-refractivity contribution is -0.120. The van der Waals surface area contributed by atoms with Gasteiger partial charge in [-0.1, -0.05) is 63.3 Å². The molecule has 5 nitrogen and oxygen atoms in total. The highest BCUT2D eigenvalue weighted by atomic mass is 32.1. The van der Waals surface area contributed by atoms with E-state index in [-0.39, 0.29) is 12.5 Å². The summed E-state index contributed by atoms with van der Waals surface area (Å²) in [6, 6.07) is 16.0. The van der Waals surface area contributed by atoms with Crippen molar-refractivity contribution in [3.8, 4) is 5.75 Å². The molecule has 1 amide bonds. The number of anilines is 1. The van der Waals surface area contributed by atoms with Gasteiger partial charge in [-0.2, -0.15) is 0 Å². The van der Waals surface area contributed by atoms with E-state index in [9.17, 15) is 4.79 Å². The average Bonchev–Trinajstić information content (AvgIpc) is 3.19. The first-order valence-corrected chi connectivity index (χ1v) is 11.4. The number of aromatic nitrogens is 1. The predicted octanol–water partition coefficient (Wildman–Crippen LogP) is 5.17. The summed E-state index contributed by atoms with van der Waals surface area (Å²) >= 11 is 1.55. The Morgan fingerprint density at radius 3 is 2.37 bits per heavy atom. The molecule has 2 aromatic carbocycles. The van der Waals surface area contributed by atoms with Crippen molar-refractivity contribution < 1.29 is 9.53 Å². The number of amides is 1. The second-order valence-electron chi connectivity index (χ2n) is 7.55. The van der Waals surface area contributed by atoms with Crippen molar-refractivity contribution in [2.24, 2.45) is 0 Å². The molecule has 0 radical (unpaired) electrons. The average molecular weight is 426 g/mol. The van der Waals surface area contributed by atoms with E-state index >= 15 is 0 Å². The first-order valence-electron chi connectivity index (χ1n) is 10.6. The summed E-state index contributed by atoms with van der Waals surface area (Å²) in [6.45, 7) is 11.9. The third kappa shape index (κ3) is 5.58. The monoisotopic (exact) mass is 425 g/mol. The first-order chi connectivity index (χ1) is 14.5. The van der Waals surface area contributed by atoms with Crippen molar-refractivity contribution in [2.75, 3.05) is 37.7 Å². The van der Waals surface area contributed by atoms with Gasteiger partial charge in [-0.3, -0.25) is 9.69 Å². The Kier molecular flexibility index (Phi) is 7.82. The number of para-hydroxylation sites is 1. The fourth-order valence-corrected chi connectivity index (χ4v) is 4.26. The summed E-state index contributed by atoms with van der Waals surface area (Å²) in [5.41, 5.74) is 2.17. The van der Waals surface area contributed by atoms with Crippen LogP contribution in [-0.4, -0.2) is 48.6 Å². The maximum atomic E-state index is 13.1. The second-order valence-corrected chi connectivity index (χ2v) is 8.56. The largest absolute Gasteiger partial charge is 0.484 e. The Morgan fingerprint density at radius 2 is 1.73 bits per heavy atom. The molecule has 0 fully saturated rings. The number of fused-ring (bicyclic) bond motifs is 1. The Morgan fingerprint density at radius 1 is 1.03 bits per heavy atom. The van der Waals surface area contributed by atoms with Gasteiger partial charge in [0, 0.05) is 13.1 Å². The van der Waals surface area contributed by atoms with E-state index in [1.54, 1.807) is 16.2 Å². The van der Waals surface area contributed by atoms with Crippen molar-refractivity contribution in [3.05, 3.63) is 54.1 Å². The third-order valence-electron chi connectivity index (χ3n) is 5.26. The molecule has 0 unspecified atom stereocenters. The Balaban J connectivity index is 1.73. The summed E-state index contributed by atoms with van der Waals surface area (Å²) in [5, 5.41) is 0.729. The van der Waals surface area contributed by atoms with Crippen LogP contribution in [0, 0.1) is 0 Å². The van der Waals surface area contributed by atoms with Crippen LogP contribution >= 0.6 is 11.3 Å². The normalized spacial score (nSPS) is 11.4. The van der Waals surface area contributed by atoms with Gasteiger partial charge in [-0.05, 0) is 48.8 Å². The quantitative estimate of drug-likeness (QED) is 0.449. The Labute approximate surface area is 183 Å². The Bertz CT molecular complexity index is 915. The van der Waals surface area contributed by atoms with E-state index in [0.717, 1.165) is 35.0 Å². The van der Waals surface area contributed by atoms with Crippen molar-refractivity contribution in [3.63, 3.8) is 0 Å². The van der Waals surface area contributed by atoms with Gasteiger partial charge in [-0.15, -0.1) is 0 Å². The molecule has 6 heteroatoms. The Hall–Kier alpha value is -2.44. The molecule has 0 aliphatic carbocycles. The molecule has 1 heterocycles. The topological polar surface area (TPSA) is 45.7 Å². The number of hydrogen-bond donors (Lipinski definition) is 0. The molecule has 0 saturated heterocycles. The number of benzene rings is 2. The van der Waals surface area contributed by atoms with Crippen molar-refractivity contribution >= 4 is 32.6 Å². The molecular weight excluding hydrogens is 394 g/mol. The summed E-state index contributed by atoms with van der Waals surface area (Å²) < 4.78 is 6.89. The number of ether oxygens (including phenoxy) is 1. The maximum Gasteiger partial charge on any atom is 0.266 e. The van der Waals surface area contributed by atoms with Crippen LogP contribution in [-0.2, 0) is 4.79 Å². The third-order valence-corrected chi connectivity index (χ3v) is 6.32. The van der Waals surface area contributed by atoms with Gasteiger partial charge >= 0.3 is 0 Å². The van der Waals surface area contributed by atoms with Gasteiger partial charge in [0.2, 0.25) is 0 Å². The zero-order valence-electron chi connectivity index (χ0n) is 18.3. The van der Waals surface area contributed by atoms with E-state index in [4.69, 9.17) is 9.72 Å². The van der Waals surface area contributed by atoms with E-state index < -0.39 is 0 Å². The van der Waals surface area contributed by atoms with Crippen LogP contribution in [0.25, 0.3) is 10.2 Å². The predicted molar refractivity (Wildman–Crippen MR) is 126 cm³/mol. The fourth-order valence-electron chi connectivity index (χ4n) is 3.26. The summed E-state index contributed by atoms with van der Waals surface area (Å²) in [6.07, 6.45) is 0. The fraction of sp³-hybridized carbons (Fsp3) is 0.417. The molecule has 0 N–H and O–H groups in total. The lowest BCUT2D eigenvalue weighted by Gasteiger charge is -2.24. The highest BCUT2D eigenvalue weighted by molar-refractivity contribution is 7.22.